The fraction of sp³-hybridized carbons (Fsp3) is 0.440. The normalized spacial score (nSPS) is 14.9. The Kier molecular flexibility index (Phi) is 8.87. The number of anilines is 2. The lowest BCUT2D eigenvalue weighted by molar-refractivity contribution is -0.137. The summed E-state index contributed by atoms with van der Waals surface area (Å²) < 4.78 is 84.3. The van der Waals surface area contributed by atoms with Crippen LogP contribution in [0.2, 0.25) is 5.02 Å². The van der Waals surface area contributed by atoms with Gasteiger partial charge in [0.25, 0.3) is 0 Å². The standard InChI is InChI=1S/C25H26ClF5N6O3S/c1-4-13(41)23(38)37-8-6-36(7-9-37)21-15-20(34-24(35-21)39-3)18(28)19(33-22(15)40-5-2)14-16(25(29,30)31)11(26)10-12(32)17(14)27/h10,13,41H,4-9,32H2,1-3H3/t13-/m0/s1. The second-order valence-electron chi connectivity index (χ2n) is 9.02. The lowest BCUT2D eigenvalue weighted by Gasteiger charge is -2.36. The van der Waals surface area contributed by atoms with Crippen LogP contribution < -0.4 is 20.1 Å². The third-order valence-corrected chi connectivity index (χ3v) is 7.39. The number of nitrogens with zero attached hydrogens (tertiary/aromatic N) is 5. The molecule has 0 bridgehead atoms. The van der Waals surface area contributed by atoms with E-state index in [1.807, 2.05) is 6.92 Å². The van der Waals surface area contributed by atoms with Crippen molar-refractivity contribution in [2.24, 2.45) is 0 Å². The topological polar surface area (TPSA) is 107 Å². The van der Waals surface area contributed by atoms with E-state index in [-0.39, 0.29) is 48.7 Å². The Morgan fingerprint density at radius 2 is 1.80 bits per heavy atom. The van der Waals surface area contributed by atoms with Crippen LogP contribution in [0.15, 0.2) is 6.07 Å². The molecule has 0 unspecified atom stereocenters. The van der Waals surface area contributed by atoms with Gasteiger partial charge < -0.3 is 25.0 Å². The Hall–Kier alpha value is -3.33. The molecule has 4 rings (SSSR count). The highest BCUT2D eigenvalue weighted by atomic mass is 35.5. The SMILES string of the molecule is CCOc1nc(-c2c(F)c(N)cc(Cl)c2C(F)(F)F)c(F)c2nc(OC)nc(N3CCN(C(=O)[C@@H](S)CC)CC3)c12. The molecule has 1 aliphatic heterocycles. The molecule has 16 heteroatoms. The Morgan fingerprint density at radius 1 is 1.15 bits per heavy atom. The van der Waals surface area contributed by atoms with Crippen LogP contribution in [0.25, 0.3) is 22.2 Å². The molecule has 2 N–H and O–H groups in total. The molecule has 2 aromatic heterocycles. The zero-order valence-electron chi connectivity index (χ0n) is 22.2. The van der Waals surface area contributed by atoms with Crippen molar-refractivity contribution in [3.63, 3.8) is 0 Å². The molecular weight excluding hydrogens is 595 g/mol. The maximum absolute atomic E-state index is 16.2. The van der Waals surface area contributed by atoms with Crippen LogP contribution in [0, 0.1) is 11.6 Å². The van der Waals surface area contributed by atoms with E-state index >= 15 is 8.78 Å². The lowest BCUT2D eigenvalue weighted by atomic mass is 10.00. The molecule has 0 aliphatic carbocycles. The first kappa shape index (κ1) is 30.6. The van der Waals surface area contributed by atoms with Gasteiger partial charge in [0.15, 0.2) is 11.6 Å². The van der Waals surface area contributed by atoms with Crippen molar-refractivity contribution in [2.45, 2.75) is 31.7 Å². The molecule has 3 aromatic rings. The largest absolute Gasteiger partial charge is 0.477 e. The summed E-state index contributed by atoms with van der Waals surface area (Å²) in [5.74, 6) is -3.32. The average molecular weight is 621 g/mol. The highest BCUT2D eigenvalue weighted by molar-refractivity contribution is 7.81. The smallest absolute Gasteiger partial charge is 0.418 e. The van der Waals surface area contributed by atoms with Crippen molar-refractivity contribution in [1.29, 1.82) is 0 Å². The molecule has 0 saturated carbocycles. The Labute approximate surface area is 242 Å². The van der Waals surface area contributed by atoms with Gasteiger partial charge in [-0.2, -0.15) is 35.8 Å². The van der Waals surface area contributed by atoms with Gasteiger partial charge >= 0.3 is 12.2 Å². The predicted octanol–water partition coefficient (Wildman–Crippen LogP) is 4.99. The molecular formula is C25H26ClF5N6O3S. The van der Waals surface area contributed by atoms with Gasteiger partial charge in [-0.3, -0.25) is 4.79 Å². The Morgan fingerprint density at radius 3 is 2.37 bits per heavy atom. The van der Waals surface area contributed by atoms with Crippen LogP contribution in [-0.2, 0) is 11.0 Å². The maximum atomic E-state index is 16.2. The van der Waals surface area contributed by atoms with Gasteiger partial charge in [-0.05, 0) is 19.4 Å². The number of rotatable bonds is 7. The van der Waals surface area contributed by atoms with Crippen LogP contribution in [0.3, 0.4) is 0 Å². The fourth-order valence-corrected chi connectivity index (χ4v) is 4.98. The number of nitrogen functional groups attached to an aromatic ring is 1. The maximum Gasteiger partial charge on any atom is 0.418 e. The molecule has 222 valence electrons. The molecule has 0 spiro atoms. The summed E-state index contributed by atoms with van der Waals surface area (Å²) >= 11 is 10.1. The van der Waals surface area contributed by atoms with Crippen LogP contribution in [0.4, 0.5) is 33.5 Å². The van der Waals surface area contributed by atoms with Gasteiger partial charge in [0, 0.05) is 26.2 Å². The van der Waals surface area contributed by atoms with Gasteiger partial charge in [0.1, 0.15) is 22.4 Å². The minimum atomic E-state index is -5.19. The van der Waals surface area contributed by atoms with E-state index in [0.717, 1.165) is 0 Å². The molecule has 1 aliphatic rings. The number of pyridine rings is 1. The average Bonchev–Trinajstić information content (AvgIpc) is 2.94. The third-order valence-electron chi connectivity index (χ3n) is 6.50. The van der Waals surface area contributed by atoms with Crippen molar-refractivity contribution in [2.75, 3.05) is 50.5 Å². The van der Waals surface area contributed by atoms with Crippen molar-refractivity contribution >= 4 is 52.5 Å². The number of amides is 1. The number of alkyl halides is 3. The van der Waals surface area contributed by atoms with Gasteiger partial charge in [-0.1, -0.05) is 18.5 Å². The van der Waals surface area contributed by atoms with Crippen molar-refractivity contribution < 1.29 is 36.2 Å². The number of nitrogens with two attached hydrogens (primary N) is 1. The van der Waals surface area contributed by atoms with Crippen LogP contribution in [0.5, 0.6) is 11.9 Å². The zero-order chi connectivity index (χ0) is 30.2. The number of benzene rings is 1. The Balaban J connectivity index is 1.95. The number of carbonyl (C=O) groups excluding carboxylic acids is 1. The van der Waals surface area contributed by atoms with E-state index in [9.17, 15) is 18.0 Å². The molecule has 41 heavy (non-hydrogen) atoms. The minimum Gasteiger partial charge on any atom is -0.477 e. The number of ether oxygens (including phenoxy) is 2. The van der Waals surface area contributed by atoms with E-state index in [2.05, 4.69) is 27.6 Å². The molecule has 1 saturated heterocycles. The van der Waals surface area contributed by atoms with E-state index in [1.165, 1.54) is 7.11 Å². The summed E-state index contributed by atoms with van der Waals surface area (Å²) in [6.07, 6.45) is -4.64. The fourth-order valence-electron chi connectivity index (χ4n) is 4.50. The summed E-state index contributed by atoms with van der Waals surface area (Å²) in [6, 6.07) is 0.281. The summed E-state index contributed by atoms with van der Waals surface area (Å²) in [5.41, 5.74) is 0.307. The second-order valence-corrected chi connectivity index (χ2v) is 10.0. The number of hydrogen-bond donors (Lipinski definition) is 2. The number of hydrogen-bond acceptors (Lipinski definition) is 9. The van der Waals surface area contributed by atoms with E-state index < -0.39 is 56.1 Å². The molecule has 1 fully saturated rings. The predicted molar refractivity (Wildman–Crippen MR) is 147 cm³/mol. The molecule has 1 aromatic carbocycles. The molecule has 1 amide bonds. The molecule has 9 nitrogen and oxygen atoms in total. The third kappa shape index (κ3) is 5.73. The van der Waals surface area contributed by atoms with E-state index in [0.29, 0.717) is 25.6 Å². The lowest BCUT2D eigenvalue weighted by Crippen LogP contribution is -2.51. The van der Waals surface area contributed by atoms with Crippen LogP contribution >= 0.6 is 24.2 Å². The highest BCUT2D eigenvalue weighted by Crippen LogP contribution is 2.47. The molecule has 3 heterocycles. The number of methoxy groups -OCH3 is 1. The van der Waals surface area contributed by atoms with Gasteiger partial charge in [-0.25, -0.2) is 13.8 Å². The quantitative estimate of drug-likeness (QED) is 0.216. The summed E-state index contributed by atoms with van der Waals surface area (Å²) in [6.45, 7) is 4.50. The van der Waals surface area contributed by atoms with Gasteiger partial charge in [0.2, 0.25) is 11.8 Å². The number of thiol groups is 1. The van der Waals surface area contributed by atoms with E-state index in [1.54, 1.807) is 16.7 Å². The summed E-state index contributed by atoms with van der Waals surface area (Å²) in [5, 5.41) is -1.46. The number of carbonyl (C=O) groups is 1. The second kappa shape index (κ2) is 11.9. The van der Waals surface area contributed by atoms with E-state index in [4.69, 9.17) is 26.8 Å². The van der Waals surface area contributed by atoms with Crippen molar-refractivity contribution in [3.05, 3.63) is 28.3 Å². The summed E-state index contributed by atoms with van der Waals surface area (Å²) in [7, 11) is 1.22. The van der Waals surface area contributed by atoms with Gasteiger partial charge in [0.05, 0.1) is 40.8 Å². The number of aromatic nitrogens is 3. The first-order chi connectivity index (χ1) is 19.3. The van der Waals surface area contributed by atoms with Gasteiger partial charge in [-0.15, -0.1) is 0 Å². The first-order valence-corrected chi connectivity index (χ1v) is 13.4. The minimum absolute atomic E-state index is 0.0342. The number of fused-ring (bicyclic) bond motifs is 1. The molecule has 0 radical (unpaired) electrons. The summed E-state index contributed by atoms with van der Waals surface area (Å²) in [4.78, 5) is 28.3. The zero-order valence-corrected chi connectivity index (χ0v) is 23.8. The monoisotopic (exact) mass is 620 g/mol. The first-order valence-electron chi connectivity index (χ1n) is 12.5. The highest BCUT2D eigenvalue weighted by Gasteiger charge is 2.41. The van der Waals surface area contributed by atoms with Crippen LogP contribution in [0.1, 0.15) is 25.8 Å². The number of halogens is 6. The molecule has 1 atom stereocenters. The van der Waals surface area contributed by atoms with Crippen molar-refractivity contribution in [1.82, 2.24) is 19.9 Å². The van der Waals surface area contributed by atoms with Crippen molar-refractivity contribution in [3.8, 4) is 23.1 Å². The van der Waals surface area contributed by atoms with Crippen LogP contribution in [-0.4, -0.2) is 70.9 Å². The Bertz CT molecular complexity index is 1490. The number of piperazine rings is 1.